The predicted octanol–water partition coefficient (Wildman–Crippen LogP) is 12.6. The van der Waals surface area contributed by atoms with E-state index < -0.39 is 0 Å². The molecule has 1 aromatic heterocycles. The first-order chi connectivity index (χ1) is 24.6. The molecular formula is C46H29N3O. The second-order valence-corrected chi connectivity index (χ2v) is 12.9. The SMILES string of the molecule is N=C1C=Cc2ccc3cc(-c4ccc(N(c5ccc6ccccc6c5)c5ccc6c(c5)oc5ccccc56)c5ccccc45)ccc3c2C1=N. The number of hydrogen-bond acceptors (Lipinski definition) is 4. The summed E-state index contributed by atoms with van der Waals surface area (Å²) >= 11 is 0. The standard InChI is InChI=1S/C46H29N3O/c47-41-23-17-29-13-14-32-25-31(16-20-36(32)45(29)46(41)48)35-22-24-42(38-10-4-3-9-37(35)38)49(33-18-15-28-7-1-2-8-30(28)26-33)34-19-21-40-39-11-5-6-12-43(39)50-44(40)27-34/h1-27,47-48H. The lowest BCUT2D eigenvalue weighted by Crippen LogP contribution is -2.16. The van der Waals surface area contributed by atoms with Crippen LogP contribution in [0.5, 0.6) is 0 Å². The second-order valence-electron chi connectivity index (χ2n) is 12.9. The molecule has 50 heavy (non-hydrogen) atoms. The molecule has 2 N–H and O–H groups in total. The van der Waals surface area contributed by atoms with Crippen LogP contribution in [0.2, 0.25) is 0 Å². The van der Waals surface area contributed by atoms with Gasteiger partial charge < -0.3 is 9.32 Å². The number of hydrogen-bond donors (Lipinski definition) is 2. The van der Waals surface area contributed by atoms with E-state index >= 15 is 0 Å². The molecular weight excluding hydrogens is 611 g/mol. The van der Waals surface area contributed by atoms with Crippen LogP contribution in [-0.4, -0.2) is 11.4 Å². The Morgan fingerprint density at radius 1 is 0.460 bits per heavy atom. The fraction of sp³-hybridized carbons (Fsp3) is 0. The number of nitrogens with zero attached hydrogens (tertiary/aromatic N) is 1. The number of anilines is 3. The van der Waals surface area contributed by atoms with Gasteiger partial charge in [-0.2, -0.15) is 0 Å². The van der Waals surface area contributed by atoms with E-state index in [1.165, 1.54) is 10.8 Å². The Morgan fingerprint density at radius 3 is 2.06 bits per heavy atom. The van der Waals surface area contributed by atoms with Gasteiger partial charge in [-0.05, 0) is 92.2 Å². The van der Waals surface area contributed by atoms with Gasteiger partial charge in [-0.3, -0.25) is 10.8 Å². The number of furan rings is 1. The minimum Gasteiger partial charge on any atom is -0.456 e. The average molecular weight is 640 g/mol. The van der Waals surface area contributed by atoms with Crippen molar-refractivity contribution in [1.82, 2.24) is 0 Å². The number of allylic oxidation sites excluding steroid dienone is 1. The molecule has 0 atom stereocenters. The molecule has 0 spiro atoms. The van der Waals surface area contributed by atoms with E-state index in [9.17, 15) is 0 Å². The number of benzene rings is 8. The van der Waals surface area contributed by atoms with Crippen LogP contribution in [0.3, 0.4) is 0 Å². The summed E-state index contributed by atoms with van der Waals surface area (Å²) in [7, 11) is 0. The maximum atomic E-state index is 8.62. The molecule has 10 rings (SSSR count). The normalized spacial score (nSPS) is 12.8. The van der Waals surface area contributed by atoms with Gasteiger partial charge in [0.1, 0.15) is 11.2 Å². The van der Waals surface area contributed by atoms with Crippen LogP contribution in [0.15, 0.2) is 162 Å². The summed E-state index contributed by atoms with van der Waals surface area (Å²) in [5.74, 6) is 0. The molecule has 1 aliphatic rings. The maximum Gasteiger partial charge on any atom is 0.137 e. The molecule has 0 amide bonds. The van der Waals surface area contributed by atoms with E-state index in [1.807, 2.05) is 18.2 Å². The summed E-state index contributed by atoms with van der Waals surface area (Å²) in [5, 5.41) is 25.8. The Hall–Kier alpha value is -6.78. The van der Waals surface area contributed by atoms with Gasteiger partial charge in [-0.1, -0.05) is 109 Å². The Labute approximate surface area is 288 Å². The van der Waals surface area contributed by atoms with Crippen LogP contribution in [0.25, 0.3) is 71.5 Å². The highest BCUT2D eigenvalue weighted by atomic mass is 16.3. The summed E-state index contributed by atoms with van der Waals surface area (Å²) in [4.78, 5) is 2.34. The Balaban J connectivity index is 1.17. The third kappa shape index (κ3) is 4.32. The van der Waals surface area contributed by atoms with Gasteiger partial charge in [0.25, 0.3) is 0 Å². The number of fused-ring (bicyclic) bond motifs is 8. The van der Waals surface area contributed by atoms with Crippen molar-refractivity contribution in [2.45, 2.75) is 0 Å². The zero-order valence-electron chi connectivity index (χ0n) is 26.9. The third-order valence-electron chi connectivity index (χ3n) is 10.1. The molecule has 4 heteroatoms. The van der Waals surface area contributed by atoms with E-state index in [2.05, 4.69) is 144 Å². The first kappa shape index (κ1) is 28.3. The molecule has 0 saturated heterocycles. The van der Waals surface area contributed by atoms with Crippen molar-refractivity contribution in [2.75, 3.05) is 4.90 Å². The Morgan fingerprint density at radius 2 is 1.16 bits per heavy atom. The van der Waals surface area contributed by atoms with E-state index in [4.69, 9.17) is 15.2 Å². The molecule has 1 heterocycles. The molecule has 0 radical (unpaired) electrons. The van der Waals surface area contributed by atoms with Gasteiger partial charge in [0.05, 0.1) is 17.1 Å². The Bertz CT molecular complexity index is 2930. The lowest BCUT2D eigenvalue weighted by molar-refractivity contribution is 0.669. The van der Waals surface area contributed by atoms with Gasteiger partial charge in [0.2, 0.25) is 0 Å². The molecule has 8 aromatic carbocycles. The van der Waals surface area contributed by atoms with E-state index in [0.717, 1.165) is 82.8 Å². The number of nitrogens with one attached hydrogen (secondary N) is 2. The fourth-order valence-corrected chi connectivity index (χ4v) is 7.65. The van der Waals surface area contributed by atoms with Crippen molar-refractivity contribution in [2.24, 2.45) is 0 Å². The first-order valence-corrected chi connectivity index (χ1v) is 16.8. The van der Waals surface area contributed by atoms with Crippen LogP contribution >= 0.6 is 0 Å². The van der Waals surface area contributed by atoms with Crippen molar-refractivity contribution >= 4 is 88.8 Å². The largest absolute Gasteiger partial charge is 0.456 e. The van der Waals surface area contributed by atoms with Crippen molar-refractivity contribution < 1.29 is 4.42 Å². The fourth-order valence-electron chi connectivity index (χ4n) is 7.65. The molecule has 0 bridgehead atoms. The third-order valence-corrected chi connectivity index (χ3v) is 10.1. The second kappa shape index (κ2) is 10.9. The first-order valence-electron chi connectivity index (χ1n) is 16.8. The van der Waals surface area contributed by atoms with Crippen molar-refractivity contribution in [3.05, 3.63) is 169 Å². The molecule has 234 valence electrons. The van der Waals surface area contributed by atoms with E-state index in [0.29, 0.717) is 0 Å². The quantitative estimate of drug-likeness (QED) is 0.201. The van der Waals surface area contributed by atoms with Gasteiger partial charge >= 0.3 is 0 Å². The highest BCUT2D eigenvalue weighted by Gasteiger charge is 2.21. The summed E-state index contributed by atoms with van der Waals surface area (Å²) in [5.41, 5.74) is 9.45. The number of rotatable bonds is 4. The topological polar surface area (TPSA) is 64.1 Å². The number of para-hydroxylation sites is 1. The Kier molecular flexibility index (Phi) is 6.14. The van der Waals surface area contributed by atoms with E-state index in [-0.39, 0.29) is 11.4 Å². The minimum atomic E-state index is 0.242. The molecule has 0 unspecified atom stereocenters. The molecule has 0 fully saturated rings. The minimum absolute atomic E-state index is 0.242. The summed E-state index contributed by atoms with van der Waals surface area (Å²) in [6, 6.07) is 53.6. The van der Waals surface area contributed by atoms with Crippen LogP contribution in [-0.2, 0) is 0 Å². The highest BCUT2D eigenvalue weighted by Crippen LogP contribution is 2.44. The highest BCUT2D eigenvalue weighted by molar-refractivity contribution is 6.53. The molecule has 1 aliphatic carbocycles. The average Bonchev–Trinajstić information content (AvgIpc) is 3.54. The molecule has 0 saturated carbocycles. The molecule has 9 aromatic rings. The van der Waals surface area contributed by atoms with Gasteiger partial charge in [0.15, 0.2) is 0 Å². The molecule has 0 aliphatic heterocycles. The van der Waals surface area contributed by atoms with Crippen molar-refractivity contribution in [3.63, 3.8) is 0 Å². The van der Waals surface area contributed by atoms with Gasteiger partial charge in [-0.25, -0.2) is 0 Å². The van der Waals surface area contributed by atoms with Crippen LogP contribution in [0.1, 0.15) is 11.1 Å². The van der Waals surface area contributed by atoms with Crippen LogP contribution in [0, 0.1) is 10.8 Å². The zero-order valence-corrected chi connectivity index (χ0v) is 26.9. The zero-order chi connectivity index (χ0) is 33.3. The van der Waals surface area contributed by atoms with E-state index in [1.54, 1.807) is 6.08 Å². The lowest BCUT2D eigenvalue weighted by atomic mass is 9.88. The summed E-state index contributed by atoms with van der Waals surface area (Å²) in [6.07, 6.45) is 3.64. The molecule has 4 nitrogen and oxygen atoms in total. The van der Waals surface area contributed by atoms with Crippen molar-refractivity contribution in [1.29, 1.82) is 10.8 Å². The monoisotopic (exact) mass is 639 g/mol. The smallest absolute Gasteiger partial charge is 0.137 e. The lowest BCUT2D eigenvalue weighted by Gasteiger charge is -2.28. The van der Waals surface area contributed by atoms with Crippen molar-refractivity contribution in [3.8, 4) is 11.1 Å². The van der Waals surface area contributed by atoms with Gasteiger partial charge in [0, 0.05) is 39.2 Å². The van der Waals surface area contributed by atoms with Crippen LogP contribution < -0.4 is 4.90 Å². The summed E-state index contributed by atoms with van der Waals surface area (Å²) < 4.78 is 6.38. The summed E-state index contributed by atoms with van der Waals surface area (Å²) in [6.45, 7) is 0. The maximum absolute atomic E-state index is 8.62. The predicted molar refractivity (Wildman–Crippen MR) is 210 cm³/mol. The van der Waals surface area contributed by atoms with Gasteiger partial charge in [-0.15, -0.1) is 0 Å². The van der Waals surface area contributed by atoms with Crippen LogP contribution in [0.4, 0.5) is 17.1 Å².